The summed E-state index contributed by atoms with van der Waals surface area (Å²) in [4.78, 5) is 25.9. The van der Waals surface area contributed by atoms with Gasteiger partial charge in [-0.1, -0.05) is 30.3 Å². The normalized spacial score (nSPS) is 16.5. The lowest BCUT2D eigenvalue weighted by Crippen LogP contribution is -2.29. The van der Waals surface area contributed by atoms with E-state index in [4.69, 9.17) is 4.74 Å². The molecule has 0 radical (unpaired) electrons. The standard InChI is InChI=1S/C21H25NO4S/c1-25-19-9-7-15-5-3-4-6-17(15)18(19)8-10-20(23)22-12-11-16(13-22)27-14-21(24)26-2/h3-7,9,16H,8,10-14H2,1-2H3/t16-/m0/s1. The van der Waals surface area contributed by atoms with Gasteiger partial charge >= 0.3 is 5.97 Å². The fraction of sp³-hybridized carbons (Fsp3) is 0.429. The van der Waals surface area contributed by atoms with Gasteiger partial charge in [0, 0.05) is 30.3 Å². The third kappa shape index (κ3) is 4.75. The second-order valence-electron chi connectivity index (χ2n) is 6.61. The summed E-state index contributed by atoms with van der Waals surface area (Å²) in [6.45, 7) is 1.46. The Kier molecular flexibility index (Phi) is 6.61. The van der Waals surface area contributed by atoms with E-state index in [1.54, 1.807) is 18.9 Å². The van der Waals surface area contributed by atoms with Crippen molar-refractivity contribution in [1.82, 2.24) is 4.90 Å². The molecule has 3 rings (SSSR count). The number of rotatable bonds is 7. The zero-order valence-electron chi connectivity index (χ0n) is 15.8. The van der Waals surface area contributed by atoms with Crippen LogP contribution in [0.25, 0.3) is 10.8 Å². The number of benzene rings is 2. The van der Waals surface area contributed by atoms with Crippen molar-refractivity contribution in [3.8, 4) is 5.75 Å². The molecule has 0 aromatic heterocycles. The molecule has 0 aliphatic carbocycles. The Morgan fingerprint density at radius 3 is 2.78 bits per heavy atom. The molecule has 1 fully saturated rings. The van der Waals surface area contributed by atoms with Gasteiger partial charge in [-0.2, -0.15) is 0 Å². The zero-order chi connectivity index (χ0) is 19.2. The number of thioether (sulfide) groups is 1. The number of hydrogen-bond donors (Lipinski definition) is 0. The number of nitrogens with zero attached hydrogens (tertiary/aromatic N) is 1. The van der Waals surface area contributed by atoms with Gasteiger partial charge in [-0.15, -0.1) is 11.8 Å². The maximum atomic E-state index is 12.7. The van der Waals surface area contributed by atoms with Crippen molar-refractivity contribution in [3.05, 3.63) is 42.0 Å². The fourth-order valence-electron chi connectivity index (χ4n) is 3.49. The van der Waals surface area contributed by atoms with Crippen LogP contribution in [0.1, 0.15) is 18.4 Å². The van der Waals surface area contributed by atoms with E-state index in [-0.39, 0.29) is 11.9 Å². The van der Waals surface area contributed by atoms with Crippen molar-refractivity contribution in [2.75, 3.05) is 33.1 Å². The molecule has 0 N–H and O–H groups in total. The quantitative estimate of drug-likeness (QED) is 0.683. The predicted octanol–water partition coefficient (Wildman–Crippen LogP) is 3.29. The largest absolute Gasteiger partial charge is 0.496 e. The molecule has 0 spiro atoms. The van der Waals surface area contributed by atoms with E-state index in [2.05, 4.69) is 16.9 Å². The molecular weight excluding hydrogens is 362 g/mol. The van der Waals surface area contributed by atoms with Crippen LogP contribution in [0.2, 0.25) is 0 Å². The van der Waals surface area contributed by atoms with Gasteiger partial charge in [0.05, 0.1) is 20.0 Å². The van der Waals surface area contributed by atoms with Gasteiger partial charge in [0.1, 0.15) is 5.75 Å². The number of hydrogen-bond acceptors (Lipinski definition) is 5. The minimum atomic E-state index is -0.215. The number of amides is 1. The molecule has 2 aromatic rings. The summed E-state index contributed by atoms with van der Waals surface area (Å²) in [5.41, 5.74) is 1.08. The summed E-state index contributed by atoms with van der Waals surface area (Å²) in [7, 11) is 3.06. The van der Waals surface area contributed by atoms with Crippen molar-refractivity contribution in [3.63, 3.8) is 0 Å². The predicted molar refractivity (Wildman–Crippen MR) is 108 cm³/mol. The third-order valence-electron chi connectivity index (χ3n) is 4.97. The molecule has 27 heavy (non-hydrogen) atoms. The highest BCUT2D eigenvalue weighted by molar-refractivity contribution is 8.00. The summed E-state index contributed by atoms with van der Waals surface area (Å²) >= 11 is 1.57. The number of methoxy groups -OCH3 is 2. The maximum absolute atomic E-state index is 12.7. The first-order chi connectivity index (χ1) is 13.1. The number of carbonyl (C=O) groups is 2. The fourth-order valence-corrected chi connectivity index (χ4v) is 4.54. The molecule has 1 aliphatic heterocycles. The number of esters is 1. The van der Waals surface area contributed by atoms with Crippen LogP contribution in [0.3, 0.4) is 0 Å². The highest BCUT2D eigenvalue weighted by Crippen LogP contribution is 2.30. The minimum Gasteiger partial charge on any atom is -0.496 e. The van der Waals surface area contributed by atoms with E-state index in [0.717, 1.165) is 35.1 Å². The van der Waals surface area contributed by atoms with Crippen LogP contribution < -0.4 is 4.74 Å². The van der Waals surface area contributed by atoms with Gasteiger partial charge in [0.2, 0.25) is 5.91 Å². The summed E-state index contributed by atoms with van der Waals surface area (Å²) in [6, 6.07) is 12.2. The highest BCUT2D eigenvalue weighted by Gasteiger charge is 2.27. The van der Waals surface area contributed by atoms with Crippen LogP contribution in [0.5, 0.6) is 5.75 Å². The average molecular weight is 388 g/mol. The molecule has 144 valence electrons. The summed E-state index contributed by atoms with van der Waals surface area (Å²) in [5.74, 6) is 1.12. The van der Waals surface area contributed by atoms with Crippen LogP contribution in [0.15, 0.2) is 36.4 Å². The van der Waals surface area contributed by atoms with Crippen molar-refractivity contribution >= 4 is 34.4 Å². The van der Waals surface area contributed by atoms with Crippen molar-refractivity contribution < 1.29 is 19.1 Å². The van der Waals surface area contributed by atoms with Gasteiger partial charge in [0.25, 0.3) is 0 Å². The van der Waals surface area contributed by atoms with E-state index in [1.165, 1.54) is 7.11 Å². The Morgan fingerprint density at radius 2 is 2.00 bits per heavy atom. The highest BCUT2D eigenvalue weighted by atomic mass is 32.2. The number of carbonyl (C=O) groups excluding carboxylic acids is 2. The van der Waals surface area contributed by atoms with Crippen molar-refractivity contribution in [1.29, 1.82) is 0 Å². The first kappa shape index (κ1) is 19.5. The van der Waals surface area contributed by atoms with E-state index >= 15 is 0 Å². The minimum absolute atomic E-state index is 0.158. The summed E-state index contributed by atoms with van der Waals surface area (Å²) < 4.78 is 10.2. The molecule has 0 unspecified atom stereocenters. The molecule has 1 saturated heterocycles. The van der Waals surface area contributed by atoms with Crippen LogP contribution in [-0.4, -0.2) is 55.1 Å². The summed E-state index contributed by atoms with van der Waals surface area (Å²) in [6.07, 6.45) is 2.03. The van der Waals surface area contributed by atoms with Crippen molar-refractivity contribution in [2.24, 2.45) is 0 Å². The molecule has 1 heterocycles. The van der Waals surface area contributed by atoms with Gasteiger partial charge in [-0.05, 0) is 29.7 Å². The Morgan fingerprint density at radius 1 is 1.19 bits per heavy atom. The Labute approximate surface area is 164 Å². The van der Waals surface area contributed by atoms with E-state index in [9.17, 15) is 9.59 Å². The van der Waals surface area contributed by atoms with Gasteiger partial charge < -0.3 is 14.4 Å². The van der Waals surface area contributed by atoms with E-state index in [1.807, 2.05) is 29.2 Å². The SMILES string of the molecule is COC(=O)CS[C@H]1CCN(C(=O)CCc2c(OC)ccc3ccccc23)C1. The molecule has 0 saturated carbocycles. The lowest BCUT2D eigenvalue weighted by molar-refractivity contribution is -0.137. The van der Waals surface area contributed by atoms with Gasteiger partial charge in [-0.3, -0.25) is 9.59 Å². The second kappa shape index (κ2) is 9.13. The van der Waals surface area contributed by atoms with Gasteiger partial charge in [-0.25, -0.2) is 0 Å². The molecule has 1 atom stereocenters. The number of fused-ring (bicyclic) bond motifs is 1. The molecule has 0 bridgehead atoms. The average Bonchev–Trinajstić information content (AvgIpc) is 3.19. The first-order valence-electron chi connectivity index (χ1n) is 9.13. The second-order valence-corrected chi connectivity index (χ2v) is 7.89. The number of likely N-dealkylation sites (tertiary alicyclic amines) is 1. The molecule has 1 aliphatic rings. The first-order valence-corrected chi connectivity index (χ1v) is 10.2. The van der Waals surface area contributed by atoms with Crippen LogP contribution >= 0.6 is 11.8 Å². The molecule has 5 nitrogen and oxygen atoms in total. The van der Waals surface area contributed by atoms with E-state index < -0.39 is 0 Å². The Bertz CT molecular complexity index is 823. The van der Waals surface area contributed by atoms with E-state index in [0.29, 0.717) is 30.4 Å². The molecular formula is C21H25NO4S. The Balaban J connectivity index is 1.60. The van der Waals surface area contributed by atoms with Crippen LogP contribution in [0.4, 0.5) is 0 Å². The molecule has 6 heteroatoms. The third-order valence-corrected chi connectivity index (χ3v) is 6.23. The number of ether oxygens (including phenoxy) is 2. The summed E-state index contributed by atoms with van der Waals surface area (Å²) in [5, 5.41) is 2.60. The maximum Gasteiger partial charge on any atom is 0.315 e. The topological polar surface area (TPSA) is 55.8 Å². The smallest absolute Gasteiger partial charge is 0.315 e. The Hall–Kier alpha value is -2.21. The molecule has 2 aromatic carbocycles. The molecule has 1 amide bonds. The monoisotopic (exact) mass is 387 g/mol. The van der Waals surface area contributed by atoms with Gasteiger partial charge in [0.15, 0.2) is 0 Å². The van der Waals surface area contributed by atoms with Crippen LogP contribution in [-0.2, 0) is 20.7 Å². The zero-order valence-corrected chi connectivity index (χ0v) is 16.6. The lowest BCUT2D eigenvalue weighted by Gasteiger charge is -2.17. The number of aryl methyl sites for hydroxylation is 1. The van der Waals surface area contributed by atoms with Crippen LogP contribution in [0, 0.1) is 0 Å². The van der Waals surface area contributed by atoms with Crippen molar-refractivity contribution in [2.45, 2.75) is 24.5 Å². The lowest BCUT2D eigenvalue weighted by atomic mass is 9.99.